The Morgan fingerprint density at radius 3 is 1.08 bits per heavy atom. The zero-order valence-electron chi connectivity index (χ0n) is 69.5. The maximum atomic E-state index is 4.67. The molecule has 0 N–H and O–H groups in total. The van der Waals surface area contributed by atoms with Crippen molar-refractivity contribution >= 4 is 0 Å². The van der Waals surface area contributed by atoms with Crippen LogP contribution in [-0.4, -0.2) is 29.9 Å². The predicted molar refractivity (Wildman–Crippen MR) is 477 cm³/mol. The van der Waals surface area contributed by atoms with E-state index in [0.717, 1.165) is 67.5 Å². The first-order valence-corrected chi connectivity index (χ1v) is 38.8. The van der Waals surface area contributed by atoms with Crippen molar-refractivity contribution in [1.82, 2.24) is 29.9 Å². The molecular formula is C108H100Ir4N6-6. The second kappa shape index (κ2) is 45.6. The van der Waals surface area contributed by atoms with Gasteiger partial charge in [0, 0.05) is 123 Å². The Balaban J connectivity index is 0.000000197. The normalized spacial score (nSPS) is 10.7. The van der Waals surface area contributed by atoms with E-state index in [2.05, 4.69) is 345 Å². The van der Waals surface area contributed by atoms with E-state index in [0.29, 0.717) is 0 Å². The maximum Gasteiger partial charge on any atom is 0.0242 e. The van der Waals surface area contributed by atoms with Gasteiger partial charge in [0.05, 0.1) is 0 Å². The van der Waals surface area contributed by atoms with Crippen LogP contribution < -0.4 is 0 Å². The molecule has 0 aliphatic heterocycles. The number of benzene rings is 10. The van der Waals surface area contributed by atoms with E-state index in [1.807, 2.05) is 164 Å². The van der Waals surface area contributed by atoms with E-state index in [1.54, 1.807) is 6.20 Å². The third kappa shape index (κ3) is 27.9. The topological polar surface area (TPSA) is 77.3 Å². The minimum absolute atomic E-state index is 0. The summed E-state index contributed by atoms with van der Waals surface area (Å²) < 4.78 is 0. The Labute approximate surface area is 756 Å². The maximum absolute atomic E-state index is 4.67. The molecule has 0 aliphatic rings. The molecule has 10 heteroatoms. The summed E-state index contributed by atoms with van der Waals surface area (Å²) in [5, 5.41) is 0. The van der Waals surface area contributed by atoms with Crippen molar-refractivity contribution in [3.05, 3.63) is 422 Å². The molecule has 0 spiro atoms. The molecule has 0 amide bonds. The number of aromatic nitrogens is 6. The van der Waals surface area contributed by atoms with Crippen LogP contribution in [0.3, 0.4) is 0 Å². The van der Waals surface area contributed by atoms with Gasteiger partial charge in [-0.3, -0.25) is 0 Å². The van der Waals surface area contributed by atoms with Crippen molar-refractivity contribution < 1.29 is 80.4 Å². The monoisotopic (exact) mass is 2250 g/mol. The number of rotatable bonds is 10. The molecule has 16 rings (SSSR count). The molecule has 0 atom stereocenters. The van der Waals surface area contributed by atoms with Gasteiger partial charge in [0.1, 0.15) is 0 Å². The average molecular weight is 2250 g/mol. The van der Waals surface area contributed by atoms with Crippen LogP contribution in [0.15, 0.2) is 353 Å². The standard InChI is InChI=1S/C22H22N.3C21H20N.C12H10N.C11H8N.4Ir/c1-16-12-13-23-21(14-16)19-7-5-6-18(15-19)17-8-10-20(11-9-17)22(2,3)4;1-21(2,3)19-14-20(17-12-8-5-9-13-17)22-15-18(19)16-10-6-4-7-11-16;1-21(2,3)19-12-13-22-20(15-19)18-11-7-10-17(14-18)16-8-5-4-6-9-16;1-21(2,3)19-12-13-20(22-15-19)18-11-7-10-17(14-18)16-8-5-4-6-9-16;1-10-6-5-9-13-12(10)11-7-3-2-4-8-11;1-2-6-10(7-3-1)11-8-4-5-9-12-11;;;;/h5-6,8-15H,1-4H3;4-12,14-15H,1-3H3;2*4-10,12-15H,1-3H3;2-7,9H,1H3;1-6,8-9H;;;;/q6*-1;;;;. The van der Waals surface area contributed by atoms with Gasteiger partial charge in [0.15, 0.2) is 0 Å². The number of aryl methyl sites for hydroxylation is 2. The SMILES string of the molecule is CC(C)(C)c1cc(-c2[c-]cccc2)ncc1-c1ccccc1.CC(C)(C)c1ccc(-c2[c-]ccc(-c3ccccc3)c2)nc1.CC(C)(C)c1ccnc(-c2[c-]ccc(-c3ccccc3)c2)c1.Cc1cccnc1-c1[c-]cccc1.Cc1ccnc(-c2[c-]ccc(-c3ccc(C(C)(C)C)cc3)c2)c1.[Ir].[Ir].[Ir].[Ir].[c-]1ccccc1-c1ccccn1. The van der Waals surface area contributed by atoms with Gasteiger partial charge in [0.2, 0.25) is 0 Å². The zero-order chi connectivity index (χ0) is 80.5. The average Bonchev–Trinajstić information content (AvgIpc) is 0.757. The number of pyridine rings is 6. The summed E-state index contributed by atoms with van der Waals surface area (Å²) in [7, 11) is 0. The van der Waals surface area contributed by atoms with Gasteiger partial charge < -0.3 is 29.9 Å². The molecular weight excluding hydrogens is 2150 g/mol. The molecule has 0 unspecified atom stereocenters. The smallest absolute Gasteiger partial charge is 0.0242 e. The second-order valence-electron chi connectivity index (χ2n) is 32.1. The molecule has 0 saturated heterocycles. The Morgan fingerprint density at radius 1 is 0.229 bits per heavy atom. The van der Waals surface area contributed by atoms with Crippen molar-refractivity contribution in [3.63, 3.8) is 0 Å². The molecule has 0 aliphatic carbocycles. The summed E-state index contributed by atoms with van der Waals surface area (Å²) in [4.78, 5) is 26.8. The molecule has 4 radical (unpaired) electrons. The molecule has 118 heavy (non-hydrogen) atoms. The molecule has 6 aromatic heterocycles. The van der Waals surface area contributed by atoms with Gasteiger partial charge in [-0.1, -0.05) is 258 Å². The van der Waals surface area contributed by atoms with E-state index in [1.165, 1.54) is 77.9 Å². The Bertz CT molecular complexity index is 5600. The Hall–Kier alpha value is -10.3. The van der Waals surface area contributed by atoms with Crippen molar-refractivity contribution in [2.75, 3.05) is 0 Å². The van der Waals surface area contributed by atoms with Crippen LogP contribution in [0.25, 0.3) is 112 Å². The van der Waals surface area contributed by atoms with Crippen LogP contribution in [0.2, 0.25) is 0 Å². The van der Waals surface area contributed by atoms with E-state index >= 15 is 0 Å². The van der Waals surface area contributed by atoms with Gasteiger partial charge in [-0.2, -0.15) is 0 Å². The van der Waals surface area contributed by atoms with Crippen LogP contribution in [0.1, 0.15) is 116 Å². The fraction of sp³-hybridized carbons (Fsp3) is 0.167. The molecule has 16 aromatic rings. The van der Waals surface area contributed by atoms with Crippen LogP contribution in [-0.2, 0) is 102 Å². The quantitative estimate of drug-likeness (QED) is 0.127. The Kier molecular flexibility index (Phi) is 36.6. The van der Waals surface area contributed by atoms with E-state index in [9.17, 15) is 0 Å². The summed E-state index contributed by atoms with van der Waals surface area (Å²) in [6.07, 6.45) is 11.3. The van der Waals surface area contributed by atoms with Crippen molar-refractivity contribution in [2.45, 2.75) is 119 Å². The van der Waals surface area contributed by atoms with E-state index in [-0.39, 0.29) is 102 Å². The van der Waals surface area contributed by atoms with Gasteiger partial charge in [-0.15, -0.1) is 214 Å². The molecule has 0 bridgehead atoms. The molecule has 604 valence electrons. The molecule has 10 aromatic carbocycles. The summed E-state index contributed by atoms with van der Waals surface area (Å²) >= 11 is 0. The zero-order valence-corrected chi connectivity index (χ0v) is 79.1. The van der Waals surface area contributed by atoms with Gasteiger partial charge in [0.25, 0.3) is 0 Å². The molecule has 6 heterocycles. The summed E-state index contributed by atoms with van der Waals surface area (Å²) in [5.41, 5.74) is 29.8. The van der Waals surface area contributed by atoms with Crippen LogP contribution in [0.4, 0.5) is 0 Å². The minimum Gasteiger partial charge on any atom is -0.305 e. The predicted octanol–water partition coefficient (Wildman–Crippen LogP) is 27.8. The third-order valence-corrected chi connectivity index (χ3v) is 19.1. The third-order valence-electron chi connectivity index (χ3n) is 19.1. The van der Waals surface area contributed by atoms with Crippen molar-refractivity contribution in [3.8, 4) is 112 Å². The fourth-order valence-electron chi connectivity index (χ4n) is 12.5. The largest absolute Gasteiger partial charge is 0.305 e. The first kappa shape index (κ1) is 94.8. The first-order valence-electron chi connectivity index (χ1n) is 38.8. The van der Waals surface area contributed by atoms with E-state index in [4.69, 9.17) is 0 Å². The van der Waals surface area contributed by atoms with E-state index < -0.39 is 0 Å². The fourth-order valence-corrected chi connectivity index (χ4v) is 12.5. The minimum atomic E-state index is 0. The van der Waals surface area contributed by atoms with Crippen molar-refractivity contribution in [1.29, 1.82) is 0 Å². The van der Waals surface area contributed by atoms with Crippen molar-refractivity contribution in [2.24, 2.45) is 0 Å². The molecule has 6 nitrogen and oxygen atoms in total. The van der Waals surface area contributed by atoms with Gasteiger partial charge >= 0.3 is 0 Å². The second-order valence-corrected chi connectivity index (χ2v) is 32.1. The van der Waals surface area contributed by atoms with Gasteiger partial charge in [-0.05, 0) is 138 Å². The molecule has 0 fully saturated rings. The summed E-state index contributed by atoms with van der Waals surface area (Å²) in [6.45, 7) is 30.8. The van der Waals surface area contributed by atoms with Gasteiger partial charge in [-0.25, -0.2) is 0 Å². The summed E-state index contributed by atoms with van der Waals surface area (Å²) in [6, 6.07) is 127. The number of hydrogen-bond acceptors (Lipinski definition) is 6. The molecule has 0 saturated carbocycles. The number of hydrogen-bond donors (Lipinski definition) is 0. The first-order chi connectivity index (χ1) is 54.9. The van der Waals surface area contributed by atoms with Crippen LogP contribution in [0.5, 0.6) is 0 Å². The number of nitrogens with zero attached hydrogens (tertiary/aromatic N) is 6. The summed E-state index contributed by atoms with van der Waals surface area (Å²) in [5.74, 6) is 0. The van der Waals surface area contributed by atoms with Crippen LogP contribution in [0, 0.1) is 50.2 Å². The van der Waals surface area contributed by atoms with Crippen LogP contribution >= 0.6 is 0 Å². The Morgan fingerprint density at radius 2 is 0.627 bits per heavy atom.